The highest BCUT2D eigenvalue weighted by atomic mass is 79.9. The van der Waals surface area contributed by atoms with E-state index in [1.54, 1.807) is 25.1 Å². The smallest absolute Gasteiger partial charge is 0.371 e. The first-order valence-corrected chi connectivity index (χ1v) is 8.18. The van der Waals surface area contributed by atoms with E-state index in [1.807, 2.05) is 0 Å². The highest BCUT2D eigenvalue weighted by Crippen LogP contribution is 2.30. The minimum absolute atomic E-state index is 0.188. The van der Waals surface area contributed by atoms with Crippen molar-refractivity contribution < 1.29 is 22.7 Å². The van der Waals surface area contributed by atoms with Crippen LogP contribution in [0.2, 0.25) is 5.02 Å². The van der Waals surface area contributed by atoms with Gasteiger partial charge in [-0.15, -0.1) is 0 Å². The summed E-state index contributed by atoms with van der Waals surface area (Å²) in [7, 11) is -4.01. The Morgan fingerprint density at radius 1 is 1.43 bits per heavy atom. The Kier molecular flexibility index (Phi) is 4.31. The first-order valence-electron chi connectivity index (χ1n) is 5.53. The van der Waals surface area contributed by atoms with Gasteiger partial charge in [0.1, 0.15) is 4.90 Å². The Labute approximate surface area is 133 Å². The van der Waals surface area contributed by atoms with Gasteiger partial charge in [-0.25, -0.2) is 13.2 Å². The molecule has 0 aliphatic carbocycles. The zero-order valence-corrected chi connectivity index (χ0v) is 13.7. The van der Waals surface area contributed by atoms with Gasteiger partial charge in [0.05, 0.1) is 5.69 Å². The summed E-state index contributed by atoms with van der Waals surface area (Å²) in [5.41, 5.74) is 0.855. The number of nitrogens with one attached hydrogen (secondary N) is 1. The Morgan fingerprint density at radius 3 is 2.67 bits per heavy atom. The van der Waals surface area contributed by atoms with Gasteiger partial charge in [-0.1, -0.05) is 17.7 Å². The minimum atomic E-state index is -4.01. The molecule has 0 spiro atoms. The molecule has 0 aliphatic rings. The molecule has 0 amide bonds. The molecule has 21 heavy (non-hydrogen) atoms. The van der Waals surface area contributed by atoms with Gasteiger partial charge in [-0.3, -0.25) is 4.72 Å². The van der Waals surface area contributed by atoms with Crippen LogP contribution in [0.5, 0.6) is 0 Å². The number of rotatable bonds is 4. The van der Waals surface area contributed by atoms with Gasteiger partial charge in [0.15, 0.2) is 4.67 Å². The zero-order chi connectivity index (χ0) is 15.8. The van der Waals surface area contributed by atoms with Crippen molar-refractivity contribution in [2.24, 2.45) is 0 Å². The molecule has 2 aromatic rings. The summed E-state index contributed by atoms with van der Waals surface area (Å²) >= 11 is 8.82. The summed E-state index contributed by atoms with van der Waals surface area (Å²) in [4.78, 5) is 10.5. The fraction of sp³-hybridized carbons (Fsp3) is 0.0833. The van der Waals surface area contributed by atoms with Crippen LogP contribution in [0.3, 0.4) is 0 Å². The third-order valence-electron chi connectivity index (χ3n) is 2.67. The molecule has 0 saturated carbocycles. The van der Waals surface area contributed by atoms with Gasteiger partial charge in [-0.2, -0.15) is 0 Å². The molecule has 9 heteroatoms. The van der Waals surface area contributed by atoms with Gasteiger partial charge < -0.3 is 9.52 Å². The molecular formula is C12H9BrClNO5S. The molecule has 1 aromatic heterocycles. The Bertz CT molecular complexity index is 815. The maximum Gasteiger partial charge on any atom is 0.371 e. The zero-order valence-electron chi connectivity index (χ0n) is 10.6. The average molecular weight is 395 g/mol. The molecule has 0 atom stereocenters. The lowest BCUT2D eigenvalue weighted by Gasteiger charge is -2.10. The van der Waals surface area contributed by atoms with E-state index in [0.717, 1.165) is 6.07 Å². The number of hydrogen-bond acceptors (Lipinski definition) is 4. The van der Waals surface area contributed by atoms with Crippen LogP contribution in [0.15, 0.2) is 38.2 Å². The SMILES string of the molecule is Cc1c(Cl)cccc1NS(=O)(=O)c1cc(C(=O)O)oc1Br. The van der Waals surface area contributed by atoms with E-state index >= 15 is 0 Å². The van der Waals surface area contributed by atoms with E-state index in [0.29, 0.717) is 16.3 Å². The van der Waals surface area contributed by atoms with Crippen LogP contribution in [0.25, 0.3) is 0 Å². The molecule has 0 aliphatic heterocycles. The molecule has 2 N–H and O–H groups in total. The predicted octanol–water partition coefficient (Wildman–Crippen LogP) is 3.50. The first kappa shape index (κ1) is 15.9. The number of anilines is 1. The van der Waals surface area contributed by atoms with Crippen LogP contribution >= 0.6 is 27.5 Å². The summed E-state index contributed by atoms with van der Waals surface area (Å²) in [6, 6.07) is 5.70. The lowest BCUT2D eigenvalue weighted by molar-refractivity contribution is 0.0661. The van der Waals surface area contributed by atoms with Crippen molar-refractivity contribution in [1.29, 1.82) is 0 Å². The van der Waals surface area contributed by atoms with E-state index in [1.165, 1.54) is 0 Å². The van der Waals surface area contributed by atoms with Crippen LogP contribution < -0.4 is 4.72 Å². The second-order valence-corrected chi connectivity index (χ2v) is 6.85. The number of hydrogen-bond donors (Lipinski definition) is 2. The van der Waals surface area contributed by atoms with Crippen molar-refractivity contribution in [3.63, 3.8) is 0 Å². The van der Waals surface area contributed by atoms with Crippen molar-refractivity contribution in [3.05, 3.63) is 45.3 Å². The normalized spacial score (nSPS) is 11.4. The average Bonchev–Trinajstić information content (AvgIpc) is 2.78. The third kappa shape index (κ3) is 3.22. The van der Waals surface area contributed by atoms with Crippen molar-refractivity contribution in [2.75, 3.05) is 4.72 Å². The van der Waals surface area contributed by atoms with Crippen molar-refractivity contribution in [3.8, 4) is 0 Å². The van der Waals surface area contributed by atoms with E-state index in [2.05, 4.69) is 20.7 Å². The van der Waals surface area contributed by atoms with Gasteiger partial charge in [-0.05, 0) is 40.5 Å². The van der Waals surface area contributed by atoms with Gasteiger partial charge >= 0.3 is 5.97 Å². The maximum absolute atomic E-state index is 12.3. The number of carboxylic acids is 1. The molecule has 1 heterocycles. The number of carboxylic acid groups (broad SMARTS) is 1. The number of halogens is 2. The first-order chi connectivity index (χ1) is 9.72. The van der Waals surface area contributed by atoms with Gasteiger partial charge in [0.25, 0.3) is 10.0 Å². The van der Waals surface area contributed by atoms with Crippen molar-refractivity contribution in [1.82, 2.24) is 0 Å². The topological polar surface area (TPSA) is 96.6 Å². The lowest BCUT2D eigenvalue weighted by Crippen LogP contribution is -2.13. The summed E-state index contributed by atoms with van der Waals surface area (Å²) in [5, 5.41) is 9.22. The quantitative estimate of drug-likeness (QED) is 0.827. The number of carbonyl (C=O) groups is 1. The van der Waals surface area contributed by atoms with Crippen LogP contribution in [-0.4, -0.2) is 19.5 Å². The molecule has 2 rings (SSSR count). The monoisotopic (exact) mass is 393 g/mol. The molecule has 0 saturated heterocycles. The van der Waals surface area contributed by atoms with E-state index < -0.39 is 21.8 Å². The fourth-order valence-corrected chi connectivity index (χ4v) is 3.80. The molecule has 0 unspecified atom stereocenters. The van der Waals surface area contributed by atoms with Crippen LogP contribution in [0.1, 0.15) is 16.1 Å². The summed E-state index contributed by atoms with van der Waals surface area (Å²) in [6.07, 6.45) is 0. The summed E-state index contributed by atoms with van der Waals surface area (Å²) < 4.78 is 31.5. The van der Waals surface area contributed by atoms with Crippen LogP contribution in [0.4, 0.5) is 5.69 Å². The second-order valence-electron chi connectivity index (χ2n) is 4.07. The summed E-state index contributed by atoms with van der Waals surface area (Å²) in [5.74, 6) is -1.85. The second kappa shape index (κ2) is 5.70. The highest BCUT2D eigenvalue weighted by Gasteiger charge is 2.25. The Balaban J connectivity index is 2.43. The van der Waals surface area contributed by atoms with E-state index in [4.69, 9.17) is 21.1 Å². The fourth-order valence-electron chi connectivity index (χ4n) is 1.56. The maximum atomic E-state index is 12.3. The van der Waals surface area contributed by atoms with E-state index in [9.17, 15) is 13.2 Å². The number of aromatic carboxylic acids is 1. The molecule has 1 aromatic carbocycles. The molecule has 0 fully saturated rings. The van der Waals surface area contributed by atoms with Crippen LogP contribution in [-0.2, 0) is 10.0 Å². The van der Waals surface area contributed by atoms with E-state index in [-0.39, 0.29) is 9.56 Å². The lowest BCUT2D eigenvalue weighted by atomic mass is 10.2. The number of benzene rings is 1. The Morgan fingerprint density at radius 2 is 2.10 bits per heavy atom. The standard InChI is InChI=1S/C12H9BrClNO5S/c1-6-7(14)3-2-4-8(6)15-21(18,19)10-5-9(12(16)17)20-11(10)13/h2-5,15H,1H3,(H,16,17). The van der Waals surface area contributed by atoms with Crippen molar-refractivity contribution >= 4 is 49.2 Å². The molecule has 112 valence electrons. The predicted molar refractivity (Wildman–Crippen MR) is 80.4 cm³/mol. The minimum Gasteiger partial charge on any atom is -0.475 e. The highest BCUT2D eigenvalue weighted by molar-refractivity contribution is 9.10. The molecular weight excluding hydrogens is 386 g/mol. The molecule has 0 bridgehead atoms. The Hall–Kier alpha value is -1.51. The molecule has 6 nitrogen and oxygen atoms in total. The van der Waals surface area contributed by atoms with Gasteiger partial charge in [0.2, 0.25) is 5.76 Å². The summed E-state index contributed by atoms with van der Waals surface area (Å²) in [6.45, 7) is 1.66. The van der Waals surface area contributed by atoms with Crippen molar-refractivity contribution in [2.45, 2.75) is 11.8 Å². The largest absolute Gasteiger partial charge is 0.475 e. The van der Waals surface area contributed by atoms with Crippen LogP contribution in [0, 0.1) is 6.92 Å². The third-order valence-corrected chi connectivity index (χ3v) is 5.30. The number of furan rings is 1. The number of sulfonamides is 1. The molecule has 0 radical (unpaired) electrons. The van der Waals surface area contributed by atoms with Gasteiger partial charge in [0, 0.05) is 11.1 Å².